The van der Waals surface area contributed by atoms with E-state index in [1.54, 1.807) is 0 Å². The second kappa shape index (κ2) is 10.7. The first-order chi connectivity index (χ1) is 15.2. The number of hydrogen-bond acceptors (Lipinski definition) is 4. The molecule has 2 N–H and O–H groups in total. The number of nitrogens with one attached hydrogen (secondary N) is 2. The summed E-state index contributed by atoms with van der Waals surface area (Å²) in [4.78, 5) is 16.2. The lowest BCUT2D eigenvalue weighted by Crippen LogP contribution is -2.33. The van der Waals surface area contributed by atoms with Gasteiger partial charge in [0.05, 0.1) is 4.99 Å². The molecule has 5 nitrogen and oxygen atoms in total. The van der Waals surface area contributed by atoms with Crippen LogP contribution in [0.5, 0.6) is 5.75 Å². The normalized spacial score (nSPS) is 19.5. The second-order valence-corrected chi connectivity index (χ2v) is 8.85. The van der Waals surface area contributed by atoms with Gasteiger partial charge in [-0.3, -0.25) is 9.69 Å². The molecule has 0 bridgehead atoms. The van der Waals surface area contributed by atoms with E-state index >= 15 is 0 Å². The molecule has 2 aliphatic heterocycles. The molecule has 1 unspecified atom stereocenters. The number of amides is 1. The van der Waals surface area contributed by atoms with Crippen molar-refractivity contribution in [1.82, 2.24) is 10.2 Å². The Hall–Kier alpha value is -2.44. The van der Waals surface area contributed by atoms with E-state index < -0.39 is 0 Å². The van der Waals surface area contributed by atoms with Gasteiger partial charge in [-0.15, -0.1) is 0 Å². The summed E-state index contributed by atoms with van der Waals surface area (Å²) < 4.78 is 5.88. The summed E-state index contributed by atoms with van der Waals surface area (Å²) in [6.07, 6.45) is 5.82. The fraction of sp³-hybridized carbons (Fsp3) is 0.440. The fourth-order valence-electron chi connectivity index (χ4n) is 4.34. The minimum atomic E-state index is -0.105. The number of piperidine rings is 2. The van der Waals surface area contributed by atoms with E-state index in [-0.39, 0.29) is 5.91 Å². The van der Waals surface area contributed by atoms with Crippen LogP contribution in [0.1, 0.15) is 53.9 Å². The van der Waals surface area contributed by atoms with Crippen molar-refractivity contribution in [3.63, 3.8) is 0 Å². The Morgan fingerprint density at radius 2 is 1.87 bits per heavy atom. The zero-order chi connectivity index (χ0) is 21.5. The molecule has 31 heavy (non-hydrogen) atoms. The zero-order valence-corrected chi connectivity index (χ0v) is 18.8. The first kappa shape index (κ1) is 21.8. The molecule has 0 aromatic heterocycles. The minimum Gasteiger partial charge on any atom is -0.492 e. The van der Waals surface area contributed by atoms with Crippen LogP contribution < -0.4 is 15.4 Å². The second-order valence-electron chi connectivity index (χ2n) is 8.36. The van der Waals surface area contributed by atoms with Crippen molar-refractivity contribution in [3.05, 3.63) is 59.7 Å². The lowest BCUT2D eigenvalue weighted by molar-refractivity contribution is 0.102. The van der Waals surface area contributed by atoms with Crippen LogP contribution in [0.2, 0.25) is 0 Å². The van der Waals surface area contributed by atoms with Crippen molar-refractivity contribution in [2.75, 3.05) is 38.1 Å². The van der Waals surface area contributed by atoms with Crippen molar-refractivity contribution < 1.29 is 9.53 Å². The summed E-state index contributed by atoms with van der Waals surface area (Å²) in [6.45, 7) is 4.80. The van der Waals surface area contributed by atoms with E-state index in [0.717, 1.165) is 47.9 Å². The van der Waals surface area contributed by atoms with Crippen LogP contribution in [0, 0.1) is 0 Å². The Morgan fingerprint density at radius 3 is 2.61 bits per heavy atom. The Labute approximate surface area is 190 Å². The number of anilines is 1. The minimum absolute atomic E-state index is 0.105. The molecule has 1 atom stereocenters. The van der Waals surface area contributed by atoms with Crippen LogP contribution in [0.25, 0.3) is 0 Å². The molecule has 0 aliphatic carbocycles. The number of likely N-dealkylation sites (tertiary alicyclic amines) is 1. The van der Waals surface area contributed by atoms with E-state index in [9.17, 15) is 4.79 Å². The molecule has 2 aliphatic rings. The number of carbonyl (C=O) groups excluding carboxylic acids is 1. The highest BCUT2D eigenvalue weighted by atomic mass is 32.1. The topological polar surface area (TPSA) is 53.6 Å². The summed E-state index contributed by atoms with van der Waals surface area (Å²) in [6, 6.07) is 15.5. The average molecular weight is 438 g/mol. The lowest BCUT2D eigenvalue weighted by atomic mass is 9.90. The summed E-state index contributed by atoms with van der Waals surface area (Å²) in [5.74, 6) is 1.05. The number of para-hydroxylation sites is 1. The quantitative estimate of drug-likeness (QED) is 0.620. The average Bonchev–Trinajstić information content (AvgIpc) is 2.81. The summed E-state index contributed by atoms with van der Waals surface area (Å²) in [5, 5.41) is 6.38. The number of nitrogens with zero attached hydrogens (tertiary/aromatic N) is 1. The maximum atomic E-state index is 12.8. The van der Waals surface area contributed by atoms with Crippen LogP contribution in [0.15, 0.2) is 48.5 Å². The summed E-state index contributed by atoms with van der Waals surface area (Å²) >= 11 is 5.25. The summed E-state index contributed by atoms with van der Waals surface area (Å²) in [5.41, 5.74) is 2.65. The smallest absolute Gasteiger partial charge is 0.255 e. The first-order valence-electron chi connectivity index (χ1n) is 11.3. The highest BCUT2D eigenvalue weighted by Crippen LogP contribution is 2.30. The third-order valence-electron chi connectivity index (χ3n) is 6.16. The Morgan fingerprint density at radius 1 is 1.10 bits per heavy atom. The highest BCUT2D eigenvalue weighted by molar-refractivity contribution is 7.80. The third kappa shape index (κ3) is 6.05. The van der Waals surface area contributed by atoms with Crippen molar-refractivity contribution >= 4 is 28.8 Å². The molecule has 0 spiro atoms. The number of ether oxygens (including phenoxy) is 1. The van der Waals surface area contributed by atoms with Gasteiger partial charge in [0.1, 0.15) is 12.4 Å². The van der Waals surface area contributed by atoms with E-state index in [0.29, 0.717) is 18.1 Å². The van der Waals surface area contributed by atoms with Crippen molar-refractivity contribution in [2.24, 2.45) is 0 Å². The molecule has 4 rings (SSSR count). The molecule has 0 radical (unpaired) electrons. The number of hydrogen-bond donors (Lipinski definition) is 2. The van der Waals surface area contributed by atoms with Gasteiger partial charge < -0.3 is 15.4 Å². The molecular weight excluding hydrogens is 406 g/mol. The van der Waals surface area contributed by atoms with Gasteiger partial charge in [-0.2, -0.15) is 0 Å². The molecule has 1 amide bonds. The predicted octanol–water partition coefficient (Wildman–Crippen LogP) is 4.60. The van der Waals surface area contributed by atoms with Crippen molar-refractivity contribution in [2.45, 2.75) is 38.0 Å². The third-order valence-corrected chi connectivity index (χ3v) is 6.50. The number of thiocarbonyl (C=S) groups is 1. The van der Waals surface area contributed by atoms with Gasteiger partial charge in [0.2, 0.25) is 0 Å². The van der Waals surface area contributed by atoms with Gasteiger partial charge in [0.15, 0.2) is 0 Å². The molecule has 2 aromatic rings. The Balaban J connectivity index is 1.32. The SMILES string of the molecule is O=C(Nc1ccccc1C1CCC(=S)NC1)c1ccc(OCCN2CCCCC2)cc1. The monoisotopic (exact) mass is 437 g/mol. The number of carbonyl (C=O) groups is 1. The molecule has 0 saturated carbocycles. The fourth-order valence-corrected chi connectivity index (χ4v) is 4.54. The van der Waals surface area contributed by atoms with Crippen LogP contribution in [-0.4, -0.2) is 48.6 Å². The standard InChI is InChI=1S/C25H31N3O2S/c29-25(27-23-7-3-2-6-22(23)20-10-13-24(31)26-18-20)19-8-11-21(12-9-19)30-17-16-28-14-4-1-5-15-28/h2-3,6-9,11-12,20H,1,4-5,10,13-18H2,(H,26,31)(H,27,29). The van der Waals surface area contributed by atoms with Gasteiger partial charge in [0.25, 0.3) is 5.91 Å². The van der Waals surface area contributed by atoms with E-state index in [4.69, 9.17) is 17.0 Å². The molecule has 2 fully saturated rings. The van der Waals surface area contributed by atoms with E-state index in [2.05, 4.69) is 21.6 Å². The lowest BCUT2D eigenvalue weighted by Gasteiger charge is -2.26. The van der Waals surface area contributed by atoms with Gasteiger partial charge in [-0.05, 0) is 74.7 Å². The maximum Gasteiger partial charge on any atom is 0.255 e. The summed E-state index contributed by atoms with van der Waals surface area (Å²) in [7, 11) is 0. The van der Waals surface area contributed by atoms with Gasteiger partial charge in [0, 0.05) is 30.3 Å². The van der Waals surface area contributed by atoms with E-state index in [1.807, 2.05) is 42.5 Å². The molecule has 2 aromatic carbocycles. The molecular formula is C25H31N3O2S. The van der Waals surface area contributed by atoms with Gasteiger partial charge in [-0.25, -0.2) is 0 Å². The van der Waals surface area contributed by atoms with E-state index in [1.165, 1.54) is 32.4 Å². The molecule has 6 heteroatoms. The zero-order valence-electron chi connectivity index (χ0n) is 17.9. The maximum absolute atomic E-state index is 12.8. The van der Waals surface area contributed by atoms with Crippen molar-refractivity contribution in [3.8, 4) is 5.75 Å². The van der Waals surface area contributed by atoms with Crippen LogP contribution in [-0.2, 0) is 0 Å². The molecule has 2 heterocycles. The molecule has 164 valence electrons. The first-order valence-corrected chi connectivity index (χ1v) is 11.7. The van der Waals surface area contributed by atoms with Crippen LogP contribution in [0.3, 0.4) is 0 Å². The Kier molecular flexibility index (Phi) is 7.54. The van der Waals surface area contributed by atoms with Gasteiger partial charge >= 0.3 is 0 Å². The number of benzene rings is 2. The van der Waals surface area contributed by atoms with Gasteiger partial charge in [-0.1, -0.05) is 36.8 Å². The Bertz CT molecular complexity index is 884. The largest absolute Gasteiger partial charge is 0.492 e. The van der Waals surface area contributed by atoms with Crippen LogP contribution >= 0.6 is 12.2 Å². The molecule has 2 saturated heterocycles. The van der Waals surface area contributed by atoms with Crippen LogP contribution in [0.4, 0.5) is 5.69 Å². The van der Waals surface area contributed by atoms with Crippen molar-refractivity contribution in [1.29, 1.82) is 0 Å². The predicted molar refractivity (Wildman–Crippen MR) is 129 cm³/mol. The number of rotatable bonds is 7. The highest BCUT2D eigenvalue weighted by Gasteiger charge is 2.21.